The summed E-state index contributed by atoms with van der Waals surface area (Å²) in [5, 5.41) is 5.66. The van der Waals surface area contributed by atoms with Crippen molar-refractivity contribution in [3.63, 3.8) is 0 Å². The third kappa shape index (κ3) is 3.35. The van der Waals surface area contributed by atoms with Gasteiger partial charge in [-0.25, -0.2) is 9.97 Å². The predicted molar refractivity (Wildman–Crippen MR) is 107 cm³/mol. The van der Waals surface area contributed by atoms with Crippen LogP contribution in [-0.2, 0) is 7.05 Å². The molecule has 0 atom stereocenters. The third-order valence-electron chi connectivity index (χ3n) is 5.16. The van der Waals surface area contributed by atoms with Crippen LogP contribution in [-0.4, -0.2) is 39.1 Å². The molecule has 0 spiro atoms. The summed E-state index contributed by atoms with van der Waals surface area (Å²) >= 11 is 0. The Morgan fingerprint density at radius 1 is 1.12 bits per heavy atom. The number of nitrogens with one attached hydrogen (secondary N) is 1. The molecule has 1 saturated heterocycles. The van der Waals surface area contributed by atoms with Gasteiger partial charge in [-0.1, -0.05) is 18.7 Å². The molecule has 26 heavy (non-hydrogen) atoms. The number of hydrogen-bond donors (Lipinski definition) is 1. The molecule has 1 aliphatic heterocycles. The molecule has 2 aromatic heterocycles. The SMILES string of the molecule is C=C(CN1CCCC1)Nc1cc2cc(-c3cnc(C)n3C)ccc2cn1. The van der Waals surface area contributed by atoms with Gasteiger partial charge in [-0.3, -0.25) is 4.90 Å². The summed E-state index contributed by atoms with van der Waals surface area (Å²) in [5.41, 5.74) is 3.28. The molecule has 3 heterocycles. The molecule has 3 aromatic rings. The van der Waals surface area contributed by atoms with Crippen LogP contribution in [0.1, 0.15) is 18.7 Å². The number of anilines is 1. The topological polar surface area (TPSA) is 46.0 Å². The van der Waals surface area contributed by atoms with E-state index in [1.54, 1.807) is 0 Å². The molecule has 5 heteroatoms. The lowest BCUT2D eigenvalue weighted by Gasteiger charge is -2.17. The van der Waals surface area contributed by atoms with Crippen molar-refractivity contribution in [1.82, 2.24) is 19.4 Å². The van der Waals surface area contributed by atoms with Gasteiger partial charge in [0.2, 0.25) is 0 Å². The molecular weight excluding hydrogens is 322 g/mol. The van der Waals surface area contributed by atoms with Crippen LogP contribution in [0.15, 0.2) is 48.9 Å². The maximum atomic E-state index is 4.54. The van der Waals surface area contributed by atoms with Crippen molar-refractivity contribution in [2.45, 2.75) is 19.8 Å². The zero-order valence-corrected chi connectivity index (χ0v) is 15.5. The van der Waals surface area contributed by atoms with E-state index in [4.69, 9.17) is 0 Å². The Morgan fingerprint density at radius 2 is 1.92 bits per heavy atom. The molecule has 0 unspecified atom stereocenters. The summed E-state index contributed by atoms with van der Waals surface area (Å²) in [6, 6.07) is 8.53. The van der Waals surface area contributed by atoms with Crippen molar-refractivity contribution in [3.8, 4) is 11.3 Å². The van der Waals surface area contributed by atoms with Crippen molar-refractivity contribution < 1.29 is 0 Å². The zero-order valence-electron chi connectivity index (χ0n) is 15.5. The van der Waals surface area contributed by atoms with Gasteiger partial charge in [-0.15, -0.1) is 0 Å². The van der Waals surface area contributed by atoms with Crippen LogP contribution in [0.5, 0.6) is 0 Å². The molecule has 0 amide bonds. The van der Waals surface area contributed by atoms with Crippen molar-refractivity contribution in [2.75, 3.05) is 25.0 Å². The highest BCUT2D eigenvalue weighted by Gasteiger charge is 2.12. The van der Waals surface area contributed by atoms with Crippen molar-refractivity contribution in [2.24, 2.45) is 7.05 Å². The molecule has 134 valence electrons. The Morgan fingerprint density at radius 3 is 2.65 bits per heavy atom. The first-order valence-electron chi connectivity index (χ1n) is 9.16. The lowest BCUT2D eigenvalue weighted by molar-refractivity contribution is 0.370. The lowest BCUT2D eigenvalue weighted by atomic mass is 10.1. The molecular formula is C21H25N5. The zero-order chi connectivity index (χ0) is 18.1. The van der Waals surface area contributed by atoms with Crippen LogP contribution in [0, 0.1) is 6.92 Å². The smallest absolute Gasteiger partial charge is 0.130 e. The lowest BCUT2D eigenvalue weighted by Crippen LogP contribution is -2.24. The summed E-state index contributed by atoms with van der Waals surface area (Å²) in [6.45, 7) is 9.40. The molecule has 0 aliphatic carbocycles. The number of rotatable bonds is 5. The number of fused-ring (bicyclic) bond motifs is 1. The van der Waals surface area contributed by atoms with Crippen LogP contribution >= 0.6 is 0 Å². The van der Waals surface area contributed by atoms with E-state index in [0.717, 1.165) is 45.9 Å². The van der Waals surface area contributed by atoms with E-state index in [2.05, 4.69) is 55.6 Å². The number of benzene rings is 1. The highest BCUT2D eigenvalue weighted by molar-refractivity contribution is 5.88. The quantitative estimate of drug-likeness (QED) is 0.759. The molecule has 0 saturated carbocycles. The largest absolute Gasteiger partial charge is 0.343 e. The Kier molecular flexibility index (Phi) is 4.47. The Balaban J connectivity index is 1.57. The summed E-state index contributed by atoms with van der Waals surface area (Å²) in [7, 11) is 2.05. The fraction of sp³-hybridized carbons (Fsp3) is 0.333. The van der Waals surface area contributed by atoms with Gasteiger partial charge in [-0.05, 0) is 50.4 Å². The summed E-state index contributed by atoms with van der Waals surface area (Å²) in [5.74, 6) is 1.86. The second-order valence-electron chi connectivity index (χ2n) is 7.09. The first kappa shape index (κ1) is 16.8. The average Bonchev–Trinajstić information content (AvgIpc) is 3.25. The van der Waals surface area contributed by atoms with Crippen LogP contribution in [0.2, 0.25) is 0 Å². The standard InChI is InChI=1S/C21H25N5/c1-15(14-26-8-4-5-9-26)24-21-11-19-10-17(6-7-18(19)12-23-21)20-13-22-16(2)25(20)3/h6-7,10-13H,1,4-5,8-9,14H2,2-3H3,(H,23,24). The Labute approximate surface area is 154 Å². The summed E-state index contributed by atoms with van der Waals surface area (Å²) in [4.78, 5) is 11.4. The summed E-state index contributed by atoms with van der Waals surface area (Å²) in [6.07, 6.45) is 6.42. The van der Waals surface area contributed by atoms with Gasteiger partial charge in [0.15, 0.2) is 0 Å². The molecule has 1 aliphatic rings. The van der Waals surface area contributed by atoms with Gasteiger partial charge < -0.3 is 9.88 Å². The van der Waals surface area contributed by atoms with Gasteiger partial charge in [0, 0.05) is 36.4 Å². The molecule has 5 nitrogen and oxygen atoms in total. The fourth-order valence-corrected chi connectivity index (χ4v) is 3.57. The van der Waals surface area contributed by atoms with E-state index < -0.39 is 0 Å². The first-order valence-corrected chi connectivity index (χ1v) is 9.16. The second-order valence-corrected chi connectivity index (χ2v) is 7.09. The Bertz CT molecular complexity index is 950. The highest BCUT2D eigenvalue weighted by Crippen LogP contribution is 2.26. The van der Waals surface area contributed by atoms with Gasteiger partial charge in [0.25, 0.3) is 0 Å². The van der Waals surface area contributed by atoms with E-state index in [-0.39, 0.29) is 0 Å². The molecule has 1 fully saturated rings. The van der Waals surface area contributed by atoms with E-state index in [9.17, 15) is 0 Å². The van der Waals surface area contributed by atoms with Crippen LogP contribution in [0.3, 0.4) is 0 Å². The van der Waals surface area contributed by atoms with Crippen LogP contribution < -0.4 is 5.32 Å². The van der Waals surface area contributed by atoms with E-state index in [0.29, 0.717) is 0 Å². The first-order chi connectivity index (χ1) is 12.6. The number of aromatic nitrogens is 3. The normalized spacial score (nSPS) is 14.8. The Hall–Kier alpha value is -2.66. The van der Waals surface area contributed by atoms with Crippen molar-refractivity contribution in [1.29, 1.82) is 0 Å². The van der Waals surface area contributed by atoms with Gasteiger partial charge in [0.05, 0.1) is 11.9 Å². The maximum absolute atomic E-state index is 4.54. The van der Waals surface area contributed by atoms with Crippen LogP contribution in [0.25, 0.3) is 22.0 Å². The molecule has 4 rings (SSSR count). The van der Waals surface area contributed by atoms with Gasteiger partial charge >= 0.3 is 0 Å². The van der Waals surface area contributed by atoms with Crippen LogP contribution in [0.4, 0.5) is 5.82 Å². The monoisotopic (exact) mass is 347 g/mol. The van der Waals surface area contributed by atoms with Crippen molar-refractivity contribution in [3.05, 3.63) is 54.8 Å². The minimum atomic E-state index is 0.847. The minimum Gasteiger partial charge on any atom is -0.343 e. The molecule has 0 bridgehead atoms. The number of pyridine rings is 1. The second kappa shape index (κ2) is 6.92. The van der Waals surface area contributed by atoms with E-state index in [1.165, 1.54) is 25.9 Å². The van der Waals surface area contributed by atoms with E-state index >= 15 is 0 Å². The third-order valence-corrected chi connectivity index (χ3v) is 5.16. The number of aryl methyl sites for hydroxylation is 1. The number of likely N-dealkylation sites (tertiary alicyclic amines) is 1. The number of imidazole rings is 1. The average molecular weight is 347 g/mol. The van der Waals surface area contributed by atoms with Gasteiger partial charge in [0.1, 0.15) is 11.6 Å². The fourth-order valence-electron chi connectivity index (χ4n) is 3.57. The van der Waals surface area contributed by atoms with Crippen molar-refractivity contribution >= 4 is 16.6 Å². The summed E-state index contributed by atoms with van der Waals surface area (Å²) < 4.78 is 2.11. The predicted octanol–water partition coefficient (Wildman–Crippen LogP) is 3.97. The van der Waals surface area contributed by atoms with E-state index in [1.807, 2.05) is 26.4 Å². The van der Waals surface area contributed by atoms with Gasteiger partial charge in [-0.2, -0.15) is 0 Å². The number of hydrogen-bond acceptors (Lipinski definition) is 4. The maximum Gasteiger partial charge on any atom is 0.130 e. The molecule has 0 radical (unpaired) electrons. The molecule has 1 aromatic carbocycles. The number of nitrogens with zero attached hydrogens (tertiary/aromatic N) is 4. The molecule has 1 N–H and O–H groups in total. The minimum absolute atomic E-state index is 0.847. The highest BCUT2D eigenvalue weighted by atomic mass is 15.2.